The fourth-order valence-corrected chi connectivity index (χ4v) is 19.7. The molecule has 2 unspecified atom stereocenters. The van der Waals surface area contributed by atoms with Gasteiger partial charge in [-0.2, -0.15) is 0 Å². The number of halogens is 2. The van der Waals surface area contributed by atoms with Crippen molar-refractivity contribution in [3.8, 4) is 0 Å². The minimum atomic E-state index is -6.19. The third kappa shape index (κ3) is 2.33. The molecule has 4 aliphatic carbocycles. The second kappa shape index (κ2) is 5.54. The SMILES string of the molecule is C[CH]=[Hf]([F])([F])([CH]1C=CC2=C1CCCC2)[CH]1C=CC2=C1CCCC2. The average molecular weight is 483 g/mol. The Morgan fingerprint density at radius 3 is 1.70 bits per heavy atom. The van der Waals surface area contributed by atoms with Gasteiger partial charge in [-0.3, -0.25) is 0 Å². The van der Waals surface area contributed by atoms with Crippen LogP contribution in [0.1, 0.15) is 58.3 Å². The summed E-state index contributed by atoms with van der Waals surface area (Å²) in [5, 5.41) is 0. The van der Waals surface area contributed by atoms with E-state index in [0.717, 1.165) is 62.5 Å². The van der Waals surface area contributed by atoms with Gasteiger partial charge in [-0.1, -0.05) is 0 Å². The summed E-state index contributed by atoms with van der Waals surface area (Å²) in [5.74, 6) is 0. The van der Waals surface area contributed by atoms with Crippen LogP contribution < -0.4 is 0 Å². The van der Waals surface area contributed by atoms with Gasteiger partial charge in [-0.15, -0.1) is 0 Å². The molecule has 3 heteroatoms. The zero-order chi connectivity index (χ0) is 16.1. The molecule has 0 saturated heterocycles. The predicted octanol–water partition coefficient (Wildman–Crippen LogP) is 6.72. The summed E-state index contributed by atoms with van der Waals surface area (Å²) >= 11 is -6.19. The molecular formula is C20H26F2Hf. The van der Waals surface area contributed by atoms with Gasteiger partial charge in [0.25, 0.3) is 0 Å². The van der Waals surface area contributed by atoms with Gasteiger partial charge >= 0.3 is 141 Å². The van der Waals surface area contributed by atoms with Crippen molar-refractivity contribution in [3.63, 3.8) is 0 Å². The zero-order valence-corrected chi connectivity index (χ0v) is 17.5. The summed E-state index contributed by atoms with van der Waals surface area (Å²) < 4.78 is 33.3. The third-order valence-electron chi connectivity index (χ3n) is 6.58. The van der Waals surface area contributed by atoms with Crippen LogP contribution in [0.15, 0.2) is 46.6 Å². The third-order valence-corrected chi connectivity index (χ3v) is 23.0. The van der Waals surface area contributed by atoms with Crippen molar-refractivity contribution in [3.05, 3.63) is 46.6 Å². The average Bonchev–Trinajstić information content (AvgIpc) is 3.20. The van der Waals surface area contributed by atoms with Crippen molar-refractivity contribution in [1.82, 2.24) is 0 Å². The quantitative estimate of drug-likeness (QED) is 0.383. The molecule has 0 amide bonds. The van der Waals surface area contributed by atoms with Crippen LogP contribution >= 0.6 is 0 Å². The molecule has 0 aromatic rings. The Morgan fingerprint density at radius 2 is 1.26 bits per heavy atom. The summed E-state index contributed by atoms with van der Waals surface area (Å²) in [4.78, 5) is 0. The molecule has 4 aliphatic rings. The molecule has 4 rings (SSSR count). The maximum absolute atomic E-state index is 16.5. The van der Waals surface area contributed by atoms with E-state index in [-0.39, 0.29) is 0 Å². The molecule has 0 heterocycles. The number of hydrogen-bond acceptors (Lipinski definition) is 0. The molecule has 124 valence electrons. The van der Waals surface area contributed by atoms with E-state index in [1.807, 2.05) is 24.3 Å². The summed E-state index contributed by atoms with van der Waals surface area (Å²) in [6.45, 7) is 1.65. The second-order valence-corrected chi connectivity index (χ2v) is 23.1. The molecule has 0 nitrogen and oxygen atoms in total. The fraction of sp³-hybridized carbons (Fsp3) is 0.550. The van der Waals surface area contributed by atoms with Crippen LogP contribution in [0.4, 0.5) is 5.33 Å². The predicted molar refractivity (Wildman–Crippen MR) is 90.7 cm³/mol. The Hall–Kier alpha value is -0.440. The number of rotatable bonds is 2. The van der Waals surface area contributed by atoms with Crippen molar-refractivity contribution in [2.24, 2.45) is 0 Å². The van der Waals surface area contributed by atoms with E-state index in [1.54, 1.807) is 6.92 Å². The van der Waals surface area contributed by atoms with Crippen molar-refractivity contribution in [2.75, 3.05) is 0 Å². The van der Waals surface area contributed by atoms with Crippen LogP contribution in [-0.4, -0.2) is 3.76 Å². The molecule has 0 saturated carbocycles. The van der Waals surface area contributed by atoms with Crippen molar-refractivity contribution >= 4 is 3.76 Å². The summed E-state index contributed by atoms with van der Waals surface area (Å²) in [6, 6.07) is 0. The van der Waals surface area contributed by atoms with Crippen molar-refractivity contribution < 1.29 is 24.6 Å². The normalized spacial score (nSPS) is 30.8. The standard InChI is InChI=1S/2C9H11.C2H4.2FH.Hf/c2*1-2-5-9-7-3-6-8(9)4-1;1-2;;;/h2*3,6-7H,1-2,4-5H2;1H,2H3;2*1H;/q;;;;;+2/p-2. The fourth-order valence-electron chi connectivity index (χ4n) is 5.24. The molecule has 0 bridgehead atoms. The van der Waals surface area contributed by atoms with Gasteiger partial charge in [0.2, 0.25) is 0 Å². The van der Waals surface area contributed by atoms with E-state index in [4.69, 9.17) is 0 Å². The maximum atomic E-state index is 16.5. The minimum absolute atomic E-state index is 0.532. The van der Waals surface area contributed by atoms with Gasteiger partial charge in [-0.05, 0) is 0 Å². The molecule has 0 radical (unpaired) electrons. The summed E-state index contributed by atoms with van der Waals surface area (Å²) in [7, 11) is 0. The van der Waals surface area contributed by atoms with Crippen LogP contribution in [0.2, 0.25) is 7.35 Å². The summed E-state index contributed by atoms with van der Waals surface area (Å²) in [6.07, 6.45) is 16.1. The molecule has 0 fully saturated rings. The van der Waals surface area contributed by atoms with Crippen molar-refractivity contribution in [1.29, 1.82) is 0 Å². The van der Waals surface area contributed by atoms with Gasteiger partial charge in [0.15, 0.2) is 0 Å². The van der Waals surface area contributed by atoms with E-state index in [2.05, 4.69) is 0 Å². The summed E-state index contributed by atoms with van der Waals surface area (Å²) in [5.41, 5.74) is 4.68. The van der Waals surface area contributed by atoms with Crippen molar-refractivity contribution in [2.45, 2.75) is 65.6 Å². The van der Waals surface area contributed by atoms with Crippen LogP contribution in [0.3, 0.4) is 0 Å². The van der Waals surface area contributed by atoms with E-state index >= 15 is 5.33 Å². The molecule has 2 atom stereocenters. The molecule has 0 aliphatic heterocycles. The monoisotopic (exact) mass is 484 g/mol. The molecule has 0 aromatic carbocycles. The Morgan fingerprint density at radius 1 is 0.826 bits per heavy atom. The van der Waals surface area contributed by atoms with Gasteiger partial charge in [-0.25, -0.2) is 0 Å². The molecule has 0 aromatic heterocycles. The topological polar surface area (TPSA) is 0 Å². The molecule has 0 N–H and O–H groups in total. The van der Waals surface area contributed by atoms with Gasteiger partial charge in [0.1, 0.15) is 0 Å². The first-order valence-corrected chi connectivity index (χ1v) is 18.2. The Kier molecular flexibility index (Phi) is 3.87. The molecule has 0 spiro atoms. The van der Waals surface area contributed by atoms with Gasteiger partial charge in [0.05, 0.1) is 0 Å². The first-order valence-electron chi connectivity index (χ1n) is 9.22. The van der Waals surface area contributed by atoms with E-state index in [1.165, 1.54) is 14.9 Å². The van der Waals surface area contributed by atoms with Crippen LogP contribution in [0.25, 0.3) is 0 Å². The Balaban J connectivity index is 1.81. The zero-order valence-electron chi connectivity index (χ0n) is 14.0. The van der Waals surface area contributed by atoms with E-state index in [9.17, 15) is 0 Å². The first kappa shape index (κ1) is 16.1. The molecule has 23 heavy (non-hydrogen) atoms. The van der Waals surface area contributed by atoms with Crippen LogP contribution in [0, 0.1) is 0 Å². The Labute approximate surface area is 140 Å². The second-order valence-electron chi connectivity index (χ2n) is 7.70. The van der Waals surface area contributed by atoms with Gasteiger partial charge < -0.3 is 0 Å². The number of allylic oxidation sites excluding steroid dienone is 8. The van der Waals surface area contributed by atoms with E-state index in [0.29, 0.717) is 0 Å². The van der Waals surface area contributed by atoms with Crippen LogP contribution in [0.5, 0.6) is 0 Å². The van der Waals surface area contributed by atoms with Gasteiger partial charge in [0, 0.05) is 0 Å². The van der Waals surface area contributed by atoms with E-state index < -0.39 is 26.6 Å². The van der Waals surface area contributed by atoms with Crippen LogP contribution in [-0.2, 0) is 19.2 Å². The molecular weight excluding hydrogens is 457 g/mol. The number of hydrogen-bond donors (Lipinski definition) is 0. The Bertz CT molecular complexity index is 673. The first-order chi connectivity index (χ1) is 11.0.